The Morgan fingerprint density at radius 1 is 1.05 bits per heavy atom. The van der Waals surface area contributed by atoms with Crippen LogP contribution in [0.15, 0.2) is 54.7 Å². The summed E-state index contributed by atoms with van der Waals surface area (Å²) in [6, 6.07) is 13.5. The summed E-state index contributed by atoms with van der Waals surface area (Å²) in [5.41, 5.74) is 6.64. The molecule has 2 aromatic carbocycles. The number of hydrogen-bond acceptors (Lipinski definition) is 3. The lowest BCUT2D eigenvalue weighted by Gasteiger charge is -2.08. The molecule has 3 rings (SSSR count). The van der Waals surface area contributed by atoms with Crippen LogP contribution in [-0.4, -0.2) is 4.98 Å². The number of anilines is 1. The number of nitrogen functional groups attached to an aromatic ring is 1. The lowest BCUT2D eigenvalue weighted by Crippen LogP contribution is -1.91. The van der Waals surface area contributed by atoms with Crippen molar-refractivity contribution in [2.75, 3.05) is 5.73 Å². The molecule has 0 fully saturated rings. The fourth-order valence-corrected chi connectivity index (χ4v) is 1.93. The highest BCUT2D eigenvalue weighted by Gasteiger charge is 2.06. The minimum Gasteiger partial charge on any atom is -0.455 e. The van der Waals surface area contributed by atoms with E-state index in [1.54, 1.807) is 18.3 Å². The fraction of sp³-hybridized carbons (Fsp3) is 0. The van der Waals surface area contributed by atoms with Gasteiger partial charge in [0.05, 0.1) is 0 Å². The summed E-state index contributed by atoms with van der Waals surface area (Å²) < 4.78 is 18.9. The molecule has 1 aromatic heterocycles. The molecule has 0 radical (unpaired) electrons. The molecular weight excluding hydrogens is 243 g/mol. The van der Waals surface area contributed by atoms with Gasteiger partial charge in [0.2, 0.25) is 0 Å². The Bertz CT molecular complexity index is 718. The van der Waals surface area contributed by atoms with Crippen molar-refractivity contribution in [1.29, 1.82) is 0 Å². The van der Waals surface area contributed by atoms with E-state index in [1.165, 1.54) is 12.1 Å². The predicted molar refractivity (Wildman–Crippen MR) is 72.6 cm³/mol. The number of fused-ring (bicyclic) bond motifs is 1. The second kappa shape index (κ2) is 4.57. The van der Waals surface area contributed by atoms with Crippen LogP contribution in [0.2, 0.25) is 0 Å². The van der Waals surface area contributed by atoms with Gasteiger partial charge in [-0.1, -0.05) is 18.2 Å². The van der Waals surface area contributed by atoms with E-state index < -0.39 is 5.82 Å². The standard InChI is InChI=1S/C15H11FN2O/c16-11-7-12(17)9-13(8-11)19-14-5-1-3-10-4-2-6-18-15(10)14/h1-9H,17H2. The number of nitrogens with two attached hydrogens (primary N) is 1. The van der Waals surface area contributed by atoms with Crippen molar-refractivity contribution in [3.63, 3.8) is 0 Å². The van der Waals surface area contributed by atoms with Crippen LogP contribution in [0.1, 0.15) is 0 Å². The molecule has 0 amide bonds. The number of pyridine rings is 1. The molecule has 19 heavy (non-hydrogen) atoms. The van der Waals surface area contributed by atoms with Crippen LogP contribution >= 0.6 is 0 Å². The highest BCUT2D eigenvalue weighted by Crippen LogP contribution is 2.29. The van der Waals surface area contributed by atoms with Crippen molar-refractivity contribution in [2.45, 2.75) is 0 Å². The zero-order chi connectivity index (χ0) is 13.2. The van der Waals surface area contributed by atoms with Crippen LogP contribution in [0.5, 0.6) is 11.5 Å². The highest BCUT2D eigenvalue weighted by molar-refractivity contribution is 5.84. The average molecular weight is 254 g/mol. The third-order valence-electron chi connectivity index (χ3n) is 2.72. The summed E-state index contributed by atoms with van der Waals surface area (Å²) in [6.07, 6.45) is 1.69. The largest absolute Gasteiger partial charge is 0.455 e. The summed E-state index contributed by atoms with van der Waals surface area (Å²) in [5, 5.41) is 0.962. The Labute approximate surface area is 109 Å². The first-order valence-corrected chi connectivity index (χ1v) is 5.80. The summed E-state index contributed by atoms with van der Waals surface area (Å²) in [6.45, 7) is 0. The summed E-state index contributed by atoms with van der Waals surface area (Å²) in [5.74, 6) is 0.502. The smallest absolute Gasteiger partial charge is 0.153 e. The van der Waals surface area contributed by atoms with Gasteiger partial charge < -0.3 is 10.5 Å². The molecule has 0 saturated carbocycles. The first kappa shape index (κ1) is 11.5. The van der Waals surface area contributed by atoms with Crippen LogP contribution in [0.4, 0.5) is 10.1 Å². The van der Waals surface area contributed by atoms with Crippen molar-refractivity contribution in [3.8, 4) is 11.5 Å². The van der Waals surface area contributed by atoms with Crippen molar-refractivity contribution in [3.05, 3.63) is 60.5 Å². The molecule has 0 aliphatic heterocycles. The normalized spacial score (nSPS) is 10.6. The first-order chi connectivity index (χ1) is 9.22. The van der Waals surface area contributed by atoms with Gasteiger partial charge in [0.15, 0.2) is 5.75 Å². The zero-order valence-electron chi connectivity index (χ0n) is 10.0. The minimum atomic E-state index is -0.428. The zero-order valence-corrected chi connectivity index (χ0v) is 10.0. The van der Waals surface area contributed by atoms with Crippen molar-refractivity contribution >= 4 is 16.6 Å². The minimum absolute atomic E-state index is 0.322. The molecule has 0 bridgehead atoms. The predicted octanol–water partition coefficient (Wildman–Crippen LogP) is 3.75. The maximum absolute atomic E-state index is 13.3. The molecule has 2 N–H and O–H groups in total. The molecule has 94 valence electrons. The third kappa shape index (κ3) is 2.33. The number of hydrogen-bond donors (Lipinski definition) is 1. The van der Waals surface area contributed by atoms with E-state index in [1.807, 2.05) is 24.3 Å². The monoisotopic (exact) mass is 254 g/mol. The topological polar surface area (TPSA) is 48.1 Å². The van der Waals surface area contributed by atoms with Crippen molar-refractivity contribution < 1.29 is 9.13 Å². The lowest BCUT2D eigenvalue weighted by atomic mass is 10.2. The molecule has 0 saturated heterocycles. The van der Waals surface area contributed by atoms with Gasteiger partial charge in [-0.05, 0) is 18.2 Å². The third-order valence-corrected chi connectivity index (χ3v) is 2.72. The molecule has 0 aliphatic rings. The molecule has 0 spiro atoms. The molecule has 1 heterocycles. The van der Waals surface area contributed by atoms with Gasteiger partial charge >= 0.3 is 0 Å². The van der Waals surface area contributed by atoms with Gasteiger partial charge in [-0.15, -0.1) is 0 Å². The van der Waals surface area contributed by atoms with Gasteiger partial charge in [0.1, 0.15) is 17.1 Å². The SMILES string of the molecule is Nc1cc(F)cc(Oc2cccc3cccnc23)c1. The Morgan fingerprint density at radius 3 is 2.74 bits per heavy atom. The molecule has 3 nitrogen and oxygen atoms in total. The van der Waals surface area contributed by atoms with Crippen LogP contribution < -0.4 is 10.5 Å². The van der Waals surface area contributed by atoms with Crippen molar-refractivity contribution in [1.82, 2.24) is 4.98 Å². The first-order valence-electron chi connectivity index (χ1n) is 5.80. The lowest BCUT2D eigenvalue weighted by molar-refractivity contribution is 0.481. The van der Waals surface area contributed by atoms with Crippen LogP contribution in [0, 0.1) is 5.82 Å². The second-order valence-corrected chi connectivity index (χ2v) is 4.15. The van der Waals surface area contributed by atoms with Crippen LogP contribution in [0.3, 0.4) is 0 Å². The van der Waals surface area contributed by atoms with Crippen LogP contribution in [-0.2, 0) is 0 Å². The number of benzene rings is 2. The highest BCUT2D eigenvalue weighted by atomic mass is 19.1. The number of ether oxygens (including phenoxy) is 1. The maximum atomic E-state index is 13.3. The van der Waals surface area contributed by atoms with E-state index in [-0.39, 0.29) is 0 Å². The molecule has 0 aliphatic carbocycles. The van der Waals surface area contributed by atoms with E-state index in [9.17, 15) is 4.39 Å². The summed E-state index contributed by atoms with van der Waals surface area (Å²) >= 11 is 0. The molecular formula is C15H11FN2O. The Kier molecular flexibility index (Phi) is 2.76. The average Bonchev–Trinajstić information content (AvgIpc) is 2.38. The summed E-state index contributed by atoms with van der Waals surface area (Å²) in [7, 11) is 0. The molecule has 4 heteroatoms. The fourth-order valence-electron chi connectivity index (χ4n) is 1.93. The maximum Gasteiger partial charge on any atom is 0.153 e. The second-order valence-electron chi connectivity index (χ2n) is 4.15. The van der Waals surface area contributed by atoms with E-state index in [4.69, 9.17) is 10.5 Å². The summed E-state index contributed by atoms with van der Waals surface area (Å²) in [4.78, 5) is 4.27. The quantitative estimate of drug-likeness (QED) is 0.708. The van der Waals surface area contributed by atoms with Gasteiger partial charge in [0, 0.05) is 29.4 Å². The van der Waals surface area contributed by atoms with Crippen LogP contribution in [0.25, 0.3) is 10.9 Å². The molecule has 0 unspecified atom stereocenters. The van der Waals surface area contributed by atoms with Gasteiger partial charge in [-0.3, -0.25) is 4.98 Å². The van der Waals surface area contributed by atoms with E-state index in [0.29, 0.717) is 17.2 Å². The number of nitrogens with zero attached hydrogens (tertiary/aromatic N) is 1. The Hall–Kier alpha value is -2.62. The molecule has 0 atom stereocenters. The number of halogens is 1. The van der Waals surface area contributed by atoms with Gasteiger partial charge in [0.25, 0.3) is 0 Å². The number of rotatable bonds is 2. The van der Waals surface area contributed by atoms with Gasteiger partial charge in [-0.25, -0.2) is 4.39 Å². The van der Waals surface area contributed by atoms with E-state index >= 15 is 0 Å². The Morgan fingerprint density at radius 2 is 1.89 bits per heavy atom. The van der Waals surface area contributed by atoms with E-state index in [0.717, 1.165) is 10.9 Å². The van der Waals surface area contributed by atoms with E-state index in [2.05, 4.69) is 4.98 Å². The Balaban J connectivity index is 2.05. The molecule has 3 aromatic rings. The number of aromatic nitrogens is 1. The van der Waals surface area contributed by atoms with Crippen molar-refractivity contribution in [2.24, 2.45) is 0 Å². The van der Waals surface area contributed by atoms with Gasteiger partial charge in [-0.2, -0.15) is 0 Å². The number of para-hydroxylation sites is 1.